The molecule has 3 rings (SSSR count). The van der Waals surface area contributed by atoms with Crippen LogP contribution in [0.1, 0.15) is 68.3 Å². The highest BCUT2D eigenvalue weighted by atomic mass is 16.5. The number of benzene rings is 1. The van der Waals surface area contributed by atoms with Gasteiger partial charge in [0.25, 0.3) is 5.91 Å². The molecule has 1 fully saturated rings. The highest BCUT2D eigenvalue weighted by Crippen LogP contribution is 2.26. The molecule has 3 N–H and O–H groups in total. The molecule has 0 spiro atoms. The van der Waals surface area contributed by atoms with Crippen LogP contribution in [0.5, 0.6) is 0 Å². The molecule has 1 aromatic heterocycles. The number of aromatic nitrogens is 1. The Hall–Kier alpha value is -2.11. The molecule has 0 bridgehead atoms. The normalized spacial score (nSPS) is 18.8. The van der Waals surface area contributed by atoms with E-state index in [0.29, 0.717) is 17.7 Å². The second kappa shape index (κ2) is 13.3. The van der Waals surface area contributed by atoms with Gasteiger partial charge in [-0.2, -0.15) is 0 Å². The Morgan fingerprint density at radius 2 is 1.90 bits per heavy atom. The molecule has 170 valence electrons. The number of nitrogens with one attached hydrogen (secondary N) is 3. The van der Waals surface area contributed by atoms with E-state index in [-0.39, 0.29) is 5.91 Å². The highest BCUT2D eigenvalue weighted by molar-refractivity contribution is 5.97. The number of hydrogen-bond acceptors (Lipinski definition) is 3. The van der Waals surface area contributed by atoms with Crippen molar-refractivity contribution in [2.75, 3.05) is 26.2 Å². The molecule has 0 atom stereocenters. The van der Waals surface area contributed by atoms with E-state index in [1.165, 1.54) is 19.3 Å². The fourth-order valence-corrected chi connectivity index (χ4v) is 4.32. The van der Waals surface area contributed by atoms with Crippen LogP contribution in [0, 0.1) is 5.92 Å². The van der Waals surface area contributed by atoms with Crippen LogP contribution in [0.2, 0.25) is 0 Å². The number of unbranched alkanes of at least 4 members (excludes halogenated alkanes) is 3. The van der Waals surface area contributed by atoms with E-state index in [0.717, 1.165) is 75.7 Å². The van der Waals surface area contributed by atoms with Crippen LogP contribution in [0.4, 0.5) is 0 Å². The maximum atomic E-state index is 12.5. The van der Waals surface area contributed by atoms with Gasteiger partial charge in [0.15, 0.2) is 0 Å². The van der Waals surface area contributed by atoms with Crippen molar-refractivity contribution >= 4 is 16.8 Å². The van der Waals surface area contributed by atoms with E-state index in [1.54, 1.807) is 0 Å². The Labute approximate surface area is 187 Å². The topological polar surface area (TPSA) is 66.2 Å². The molecule has 0 saturated heterocycles. The smallest absolute Gasteiger partial charge is 0.267 e. The number of H-pyrrole nitrogens is 1. The molecule has 1 amide bonds. The van der Waals surface area contributed by atoms with Gasteiger partial charge in [0.05, 0.1) is 6.10 Å². The number of para-hydroxylation sites is 1. The zero-order valence-electron chi connectivity index (χ0n) is 18.8. The molecular weight excluding hydrogens is 386 g/mol. The van der Waals surface area contributed by atoms with E-state index in [9.17, 15) is 4.79 Å². The Morgan fingerprint density at radius 1 is 1.10 bits per heavy atom. The number of fused-ring (bicyclic) bond motifs is 1. The minimum absolute atomic E-state index is 0.00882. The summed E-state index contributed by atoms with van der Waals surface area (Å²) in [5.41, 5.74) is 1.65. The van der Waals surface area contributed by atoms with Crippen molar-refractivity contribution in [3.8, 4) is 0 Å². The first-order chi connectivity index (χ1) is 15.3. The molecule has 0 aliphatic heterocycles. The number of rotatable bonds is 14. The van der Waals surface area contributed by atoms with Crippen LogP contribution >= 0.6 is 0 Å². The number of amides is 1. The van der Waals surface area contributed by atoms with E-state index in [2.05, 4.69) is 22.2 Å². The van der Waals surface area contributed by atoms with Gasteiger partial charge in [0, 0.05) is 24.1 Å². The predicted octanol–water partition coefficient (Wildman–Crippen LogP) is 5.20. The van der Waals surface area contributed by atoms with Crippen molar-refractivity contribution in [2.45, 2.75) is 63.9 Å². The van der Waals surface area contributed by atoms with E-state index >= 15 is 0 Å². The van der Waals surface area contributed by atoms with Crippen LogP contribution in [0.3, 0.4) is 0 Å². The fraction of sp³-hybridized carbons (Fsp3) is 0.577. The first kappa shape index (κ1) is 23.6. The lowest BCUT2D eigenvalue weighted by molar-refractivity contribution is 0.0163. The SMILES string of the molecule is C=CCCNCCCCCCOC1CCC(CNC(=O)c2cc3ccccc3[nH]2)CC1. The van der Waals surface area contributed by atoms with Crippen molar-refractivity contribution < 1.29 is 9.53 Å². The lowest BCUT2D eigenvalue weighted by atomic mass is 9.87. The summed E-state index contributed by atoms with van der Waals surface area (Å²) in [6.45, 7) is 7.52. The van der Waals surface area contributed by atoms with Crippen LogP contribution in [0.15, 0.2) is 43.0 Å². The third-order valence-electron chi connectivity index (χ3n) is 6.25. The molecule has 0 unspecified atom stereocenters. The lowest BCUT2D eigenvalue weighted by Crippen LogP contribution is -2.33. The monoisotopic (exact) mass is 425 g/mol. The van der Waals surface area contributed by atoms with Gasteiger partial charge in [-0.1, -0.05) is 37.1 Å². The third-order valence-corrected chi connectivity index (χ3v) is 6.25. The van der Waals surface area contributed by atoms with Gasteiger partial charge in [0.2, 0.25) is 0 Å². The zero-order chi connectivity index (χ0) is 21.7. The summed E-state index contributed by atoms with van der Waals surface area (Å²) in [6.07, 6.45) is 12.8. The Morgan fingerprint density at radius 3 is 2.71 bits per heavy atom. The average Bonchev–Trinajstić information content (AvgIpc) is 3.24. The van der Waals surface area contributed by atoms with Crippen LogP contribution < -0.4 is 10.6 Å². The first-order valence-electron chi connectivity index (χ1n) is 12.1. The average molecular weight is 426 g/mol. The van der Waals surface area contributed by atoms with Crippen LogP contribution in [-0.2, 0) is 4.74 Å². The Kier molecular flexibility index (Phi) is 10.1. The number of carbonyl (C=O) groups excluding carboxylic acids is 1. The van der Waals surface area contributed by atoms with Crippen molar-refractivity contribution in [3.63, 3.8) is 0 Å². The molecule has 1 aliphatic rings. The standard InChI is InChI=1S/C26H39N3O2/c1-2-3-16-27-17-8-4-5-9-18-31-23-14-12-21(13-15-23)20-28-26(30)25-19-22-10-6-7-11-24(22)29-25/h2,6-7,10-11,19,21,23,27,29H,1,3-5,8-9,12-18,20H2,(H,28,30). The molecule has 1 aromatic carbocycles. The summed E-state index contributed by atoms with van der Waals surface area (Å²) >= 11 is 0. The molecule has 1 heterocycles. The summed E-state index contributed by atoms with van der Waals surface area (Å²) in [5.74, 6) is 0.548. The molecule has 0 radical (unpaired) electrons. The minimum atomic E-state index is -0.00882. The van der Waals surface area contributed by atoms with Gasteiger partial charge in [-0.15, -0.1) is 6.58 Å². The molecular formula is C26H39N3O2. The first-order valence-corrected chi connectivity index (χ1v) is 12.1. The van der Waals surface area contributed by atoms with Crippen molar-refractivity contribution in [1.82, 2.24) is 15.6 Å². The summed E-state index contributed by atoms with van der Waals surface area (Å²) in [7, 11) is 0. The van der Waals surface area contributed by atoms with Gasteiger partial charge < -0.3 is 20.4 Å². The van der Waals surface area contributed by atoms with E-state index < -0.39 is 0 Å². The maximum absolute atomic E-state index is 12.5. The summed E-state index contributed by atoms with van der Waals surface area (Å²) in [5, 5.41) is 7.62. The number of hydrogen-bond donors (Lipinski definition) is 3. The molecule has 5 nitrogen and oxygen atoms in total. The largest absolute Gasteiger partial charge is 0.378 e. The Balaban J connectivity index is 1.21. The van der Waals surface area contributed by atoms with Crippen molar-refractivity contribution in [3.05, 3.63) is 48.7 Å². The van der Waals surface area contributed by atoms with Gasteiger partial charge in [-0.05, 0) is 76.1 Å². The van der Waals surface area contributed by atoms with Gasteiger partial charge in [-0.3, -0.25) is 4.79 Å². The van der Waals surface area contributed by atoms with Crippen LogP contribution in [0.25, 0.3) is 10.9 Å². The Bertz CT molecular complexity index is 760. The lowest BCUT2D eigenvalue weighted by Gasteiger charge is -2.28. The van der Waals surface area contributed by atoms with E-state index in [4.69, 9.17) is 4.74 Å². The number of ether oxygens (including phenoxy) is 1. The second-order valence-electron chi connectivity index (χ2n) is 8.74. The van der Waals surface area contributed by atoms with E-state index in [1.807, 2.05) is 36.4 Å². The van der Waals surface area contributed by atoms with Crippen molar-refractivity contribution in [2.24, 2.45) is 5.92 Å². The zero-order valence-corrected chi connectivity index (χ0v) is 18.8. The summed E-state index contributed by atoms with van der Waals surface area (Å²) in [6, 6.07) is 9.91. The van der Waals surface area contributed by atoms with Crippen molar-refractivity contribution in [1.29, 1.82) is 0 Å². The third kappa shape index (κ3) is 8.15. The van der Waals surface area contributed by atoms with Gasteiger partial charge in [0.1, 0.15) is 5.69 Å². The molecule has 5 heteroatoms. The highest BCUT2D eigenvalue weighted by Gasteiger charge is 2.22. The minimum Gasteiger partial charge on any atom is -0.378 e. The molecule has 1 aliphatic carbocycles. The molecule has 2 aromatic rings. The quantitative estimate of drug-likeness (QED) is 0.288. The molecule has 1 saturated carbocycles. The number of carbonyl (C=O) groups is 1. The summed E-state index contributed by atoms with van der Waals surface area (Å²) in [4.78, 5) is 15.7. The van der Waals surface area contributed by atoms with Crippen LogP contribution in [-0.4, -0.2) is 43.2 Å². The molecule has 31 heavy (non-hydrogen) atoms. The predicted molar refractivity (Wildman–Crippen MR) is 128 cm³/mol. The maximum Gasteiger partial charge on any atom is 0.267 e. The van der Waals surface area contributed by atoms with Gasteiger partial charge in [-0.25, -0.2) is 0 Å². The second-order valence-corrected chi connectivity index (χ2v) is 8.74. The van der Waals surface area contributed by atoms with Gasteiger partial charge >= 0.3 is 0 Å². The fourth-order valence-electron chi connectivity index (χ4n) is 4.32. The number of aromatic amines is 1. The summed E-state index contributed by atoms with van der Waals surface area (Å²) < 4.78 is 6.10.